The van der Waals surface area contributed by atoms with Crippen molar-refractivity contribution < 1.29 is 24.3 Å². The summed E-state index contributed by atoms with van der Waals surface area (Å²) in [5, 5.41) is 25.9. The van der Waals surface area contributed by atoms with Gasteiger partial charge in [-0.15, -0.1) is 0 Å². The maximum Gasteiger partial charge on any atom is 0.269 e. The van der Waals surface area contributed by atoms with Crippen LogP contribution in [0.25, 0.3) is 10.8 Å². The Kier molecular flexibility index (Phi) is 15.2. The third-order valence-corrected chi connectivity index (χ3v) is 7.70. The number of hydrogen-bond acceptors (Lipinski definition) is 6. The number of nitrogens with one attached hydrogen (secondary N) is 1. The molecule has 0 saturated carbocycles. The number of unbranched alkanes of at least 4 members (excludes halogenated alkanes) is 13. The van der Waals surface area contributed by atoms with Gasteiger partial charge in [-0.25, -0.2) is 0 Å². The largest absolute Gasteiger partial charge is 0.506 e. The lowest BCUT2D eigenvalue weighted by Gasteiger charge is -2.14. The van der Waals surface area contributed by atoms with E-state index in [0.29, 0.717) is 28.8 Å². The SMILES string of the molecule is CCCCCCCCCCCCCCCCNC(=O)c1cc(OCCOc2ccc([N+](=O)[O-])cc2)c2ccccc2c1O. The number of non-ortho nitro benzene ring substituents is 1. The minimum Gasteiger partial charge on any atom is -0.506 e. The van der Waals surface area contributed by atoms with Crippen molar-refractivity contribution in [1.29, 1.82) is 0 Å². The van der Waals surface area contributed by atoms with Gasteiger partial charge in [-0.2, -0.15) is 0 Å². The van der Waals surface area contributed by atoms with Crippen LogP contribution in [0.3, 0.4) is 0 Å². The number of ether oxygens (including phenoxy) is 2. The molecule has 2 N–H and O–H groups in total. The molecule has 0 aliphatic rings. The number of rotatable bonds is 22. The Morgan fingerprint density at radius 2 is 1.30 bits per heavy atom. The van der Waals surface area contributed by atoms with Crippen molar-refractivity contribution in [3.63, 3.8) is 0 Å². The monoisotopic (exact) mass is 592 g/mol. The van der Waals surface area contributed by atoms with E-state index in [1.54, 1.807) is 18.2 Å². The number of amides is 1. The number of nitro benzene ring substituents is 1. The van der Waals surface area contributed by atoms with Crippen LogP contribution in [-0.4, -0.2) is 35.7 Å². The van der Waals surface area contributed by atoms with Crippen molar-refractivity contribution in [3.05, 3.63) is 70.3 Å². The number of nitro groups is 1. The molecule has 0 aromatic heterocycles. The number of benzene rings is 3. The summed E-state index contributed by atoms with van der Waals surface area (Å²) in [7, 11) is 0. The normalized spacial score (nSPS) is 11.0. The highest BCUT2D eigenvalue weighted by atomic mass is 16.6. The van der Waals surface area contributed by atoms with Gasteiger partial charge in [-0.3, -0.25) is 14.9 Å². The van der Waals surface area contributed by atoms with Crippen LogP contribution in [-0.2, 0) is 0 Å². The van der Waals surface area contributed by atoms with Crippen molar-refractivity contribution in [3.8, 4) is 17.2 Å². The van der Waals surface area contributed by atoms with Crippen LogP contribution in [0.15, 0.2) is 54.6 Å². The molecule has 3 aromatic rings. The summed E-state index contributed by atoms with van der Waals surface area (Å²) in [6, 6.07) is 14.7. The maximum absolute atomic E-state index is 13.0. The molecule has 1 amide bonds. The molecule has 0 aliphatic carbocycles. The van der Waals surface area contributed by atoms with E-state index in [1.165, 1.54) is 101 Å². The number of hydrogen-bond donors (Lipinski definition) is 2. The molecule has 0 heterocycles. The third kappa shape index (κ3) is 11.8. The Labute approximate surface area is 255 Å². The zero-order valence-electron chi connectivity index (χ0n) is 25.7. The van der Waals surface area contributed by atoms with Crippen molar-refractivity contribution in [2.24, 2.45) is 0 Å². The van der Waals surface area contributed by atoms with E-state index in [0.717, 1.165) is 12.8 Å². The molecular weight excluding hydrogens is 544 g/mol. The molecule has 0 aliphatic heterocycles. The Morgan fingerprint density at radius 3 is 1.88 bits per heavy atom. The molecule has 3 aromatic carbocycles. The first-order valence-electron chi connectivity index (χ1n) is 16.0. The van der Waals surface area contributed by atoms with Crippen LogP contribution in [0, 0.1) is 10.1 Å². The van der Waals surface area contributed by atoms with Gasteiger partial charge in [0.1, 0.15) is 30.5 Å². The second kappa shape index (κ2) is 19.4. The predicted octanol–water partition coefficient (Wildman–Crippen LogP) is 9.12. The number of aromatic hydroxyl groups is 1. The summed E-state index contributed by atoms with van der Waals surface area (Å²) < 4.78 is 11.6. The third-order valence-electron chi connectivity index (χ3n) is 7.70. The van der Waals surface area contributed by atoms with Gasteiger partial charge in [-0.1, -0.05) is 115 Å². The molecular formula is C35H48N2O6. The number of carbonyl (C=O) groups is 1. The molecule has 43 heavy (non-hydrogen) atoms. The fourth-order valence-corrected chi connectivity index (χ4v) is 5.21. The van der Waals surface area contributed by atoms with Crippen molar-refractivity contribution in [1.82, 2.24) is 5.32 Å². The van der Waals surface area contributed by atoms with Crippen LogP contribution in [0.1, 0.15) is 107 Å². The van der Waals surface area contributed by atoms with Crippen LogP contribution < -0.4 is 14.8 Å². The zero-order valence-corrected chi connectivity index (χ0v) is 25.7. The fraction of sp³-hybridized carbons (Fsp3) is 0.514. The molecule has 234 valence electrons. The minimum absolute atomic E-state index is 0.00526. The maximum atomic E-state index is 13.0. The van der Waals surface area contributed by atoms with E-state index in [9.17, 15) is 20.0 Å². The summed E-state index contributed by atoms with van der Waals surface area (Å²) in [5.74, 6) is 0.573. The van der Waals surface area contributed by atoms with Gasteiger partial charge in [0.05, 0.1) is 10.5 Å². The van der Waals surface area contributed by atoms with Crippen LogP contribution >= 0.6 is 0 Å². The summed E-state index contributed by atoms with van der Waals surface area (Å²) in [5.41, 5.74) is 0.171. The standard InChI is InChI=1S/C35H48N2O6/c1-2-3-4-5-6-7-8-9-10-11-12-13-14-17-24-36-35(39)32-27-33(30-18-15-16-19-31(30)34(32)38)43-26-25-42-29-22-20-28(21-23-29)37(40)41/h15-16,18-23,27,38H,2-14,17,24-26H2,1H3,(H,36,39). The van der Waals surface area contributed by atoms with Gasteiger partial charge in [-0.05, 0) is 24.6 Å². The van der Waals surface area contributed by atoms with Crippen LogP contribution in [0.2, 0.25) is 0 Å². The van der Waals surface area contributed by atoms with Gasteiger partial charge >= 0.3 is 0 Å². The lowest BCUT2D eigenvalue weighted by molar-refractivity contribution is -0.384. The number of phenols is 1. The quantitative estimate of drug-likeness (QED) is 0.0684. The lowest BCUT2D eigenvalue weighted by Crippen LogP contribution is -2.24. The van der Waals surface area contributed by atoms with Crippen molar-refractivity contribution in [2.45, 2.75) is 96.8 Å². The Bertz CT molecular complexity index is 1260. The molecule has 0 fully saturated rings. The van der Waals surface area contributed by atoms with Crippen molar-refractivity contribution >= 4 is 22.4 Å². The molecule has 0 unspecified atom stereocenters. The topological polar surface area (TPSA) is 111 Å². The van der Waals surface area contributed by atoms with E-state index >= 15 is 0 Å². The van der Waals surface area contributed by atoms with E-state index in [-0.39, 0.29) is 36.1 Å². The van der Waals surface area contributed by atoms with Crippen LogP contribution in [0.5, 0.6) is 17.2 Å². The van der Waals surface area contributed by atoms with Crippen molar-refractivity contribution in [2.75, 3.05) is 19.8 Å². The number of phenolic OH excluding ortho intramolecular Hbond substituents is 1. The highest BCUT2D eigenvalue weighted by Gasteiger charge is 2.18. The highest BCUT2D eigenvalue weighted by molar-refractivity contribution is 6.05. The summed E-state index contributed by atoms with van der Waals surface area (Å²) in [6.45, 7) is 3.21. The summed E-state index contributed by atoms with van der Waals surface area (Å²) >= 11 is 0. The Morgan fingerprint density at radius 1 is 0.767 bits per heavy atom. The molecule has 0 saturated heterocycles. The number of nitrogens with zero attached hydrogens (tertiary/aromatic N) is 1. The highest BCUT2D eigenvalue weighted by Crippen LogP contribution is 2.36. The van der Waals surface area contributed by atoms with Gasteiger partial charge in [0.2, 0.25) is 0 Å². The van der Waals surface area contributed by atoms with E-state index in [1.807, 2.05) is 12.1 Å². The van der Waals surface area contributed by atoms with E-state index < -0.39 is 4.92 Å². The second-order valence-electron chi connectivity index (χ2n) is 11.1. The minimum atomic E-state index is -0.462. The first kappa shape index (κ1) is 33.7. The van der Waals surface area contributed by atoms with Gasteiger partial charge in [0.15, 0.2) is 0 Å². The van der Waals surface area contributed by atoms with Gasteiger partial charge in [0.25, 0.3) is 11.6 Å². The lowest BCUT2D eigenvalue weighted by atomic mass is 10.0. The molecule has 0 spiro atoms. The predicted molar refractivity (Wildman–Crippen MR) is 172 cm³/mol. The molecule has 0 bridgehead atoms. The molecule has 8 heteroatoms. The molecule has 8 nitrogen and oxygen atoms in total. The second-order valence-corrected chi connectivity index (χ2v) is 11.1. The smallest absolute Gasteiger partial charge is 0.269 e. The van der Waals surface area contributed by atoms with E-state index in [2.05, 4.69) is 12.2 Å². The Balaban J connectivity index is 1.37. The average Bonchev–Trinajstić information content (AvgIpc) is 3.02. The molecule has 0 radical (unpaired) electrons. The van der Waals surface area contributed by atoms with Gasteiger partial charge in [0, 0.05) is 29.4 Å². The summed E-state index contributed by atoms with van der Waals surface area (Å²) in [4.78, 5) is 23.3. The van der Waals surface area contributed by atoms with Gasteiger partial charge < -0.3 is 19.9 Å². The first-order chi connectivity index (χ1) is 21.0. The Hall–Kier alpha value is -3.81. The zero-order chi connectivity index (χ0) is 30.7. The first-order valence-corrected chi connectivity index (χ1v) is 16.0. The summed E-state index contributed by atoms with van der Waals surface area (Å²) in [6.07, 6.45) is 17.9. The molecule has 0 atom stereocenters. The average molecular weight is 593 g/mol. The fourth-order valence-electron chi connectivity index (χ4n) is 5.21. The molecule has 3 rings (SSSR count). The number of carbonyl (C=O) groups excluding carboxylic acids is 1. The van der Waals surface area contributed by atoms with E-state index in [4.69, 9.17) is 9.47 Å². The number of fused-ring (bicyclic) bond motifs is 1. The van der Waals surface area contributed by atoms with Crippen LogP contribution in [0.4, 0.5) is 5.69 Å².